The van der Waals surface area contributed by atoms with Gasteiger partial charge in [-0.05, 0) is 13.8 Å². The second-order valence-electron chi connectivity index (χ2n) is 3.77. The number of thiazole rings is 1. The van der Waals surface area contributed by atoms with Gasteiger partial charge in [0.25, 0.3) is 0 Å². The van der Waals surface area contributed by atoms with Gasteiger partial charge < -0.3 is 16.0 Å². The van der Waals surface area contributed by atoms with Crippen molar-refractivity contribution in [2.24, 2.45) is 5.73 Å². The van der Waals surface area contributed by atoms with Crippen molar-refractivity contribution in [1.82, 2.24) is 10.3 Å². The first-order chi connectivity index (χ1) is 5.97. The number of aromatic amines is 1. The monoisotopic (exact) mass is 201 g/mol. The van der Waals surface area contributed by atoms with Crippen molar-refractivity contribution in [3.05, 3.63) is 20.7 Å². The van der Waals surface area contributed by atoms with Crippen LogP contribution in [0.15, 0.2) is 10.2 Å². The smallest absolute Gasteiger partial charge is 0.304 e. The van der Waals surface area contributed by atoms with Gasteiger partial charge in [0.05, 0.1) is 0 Å². The van der Waals surface area contributed by atoms with E-state index < -0.39 is 0 Å². The summed E-state index contributed by atoms with van der Waals surface area (Å²) in [6.07, 6.45) is 0. The van der Waals surface area contributed by atoms with Gasteiger partial charge in [-0.15, -0.1) is 0 Å². The molecule has 0 unspecified atom stereocenters. The Balaban J connectivity index is 2.32. The molecule has 0 amide bonds. The molecule has 0 bridgehead atoms. The molecular formula is C8H15N3OS. The predicted octanol–water partition coefficient (Wildman–Crippen LogP) is 0.263. The Morgan fingerprint density at radius 1 is 1.69 bits per heavy atom. The van der Waals surface area contributed by atoms with Gasteiger partial charge in [-0.1, -0.05) is 11.3 Å². The first-order valence-electron chi connectivity index (χ1n) is 4.14. The highest BCUT2D eigenvalue weighted by Gasteiger charge is 2.09. The molecule has 1 heterocycles. The van der Waals surface area contributed by atoms with Crippen LogP contribution >= 0.6 is 11.3 Å². The molecule has 1 aromatic rings. The highest BCUT2D eigenvalue weighted by molar-refractivity contribution is 7.07. The fourth-order valence-corrected chi connectivity index (χ4v) is 1.50. The quantitative estimate of drug-likeness (QED) is 0.654. The lowest BCUT2D eigenvalue weighted by molar-refractivity contribution is 0.465. The Bertz CT molecular complexity index is 310. The number of hydrogen-bond donors (Lipinski definition) is 3. The summed E-state index contributed by atoms with van der Waals surface area (Å²) in [6.45, 7) is 5.30. The Morgan fingerprint density at radius 3 is 2.85 bits per heavy atom. The van der Waals surface area contributed by atoms with E-state index in [2.05, 4.69) is 10.3 Å². The molecule has 4 nitrogen and oxygen atoms in total. The van der Waals surface area contributed by atoms with Crippen LogP contribution in [0.25, 0.3) is 0 Å². The van der Waals surface area contributed by atoms with Crippen LogP contribution in [0.1, 0.15) is 19.5 Å². The lowest BCUT2D eigenvalue weighted by Crippen LogP contribution is -2.42. The number of nitrogens with two attached hydrogens (primary N) is 1. The summed E-state index contributed by atoms with van der Waals surface area (Å²) in [5.41, 5.74) is 6.48. The number of hydrogen-bond acceptors (Lipinski definition) is 4. The minimum absolute atomic E-state index is 0.0104. The van der Waals surface area contributed by atoms with Crippen LogP contribution in [0.5, 0.6) is 0 Å². The predicted molar refractivity (Wildman–Crippen MR) is 54.9 cm³/mol. The van der Waals surface area contributed by atoms with Gasteiger partial charge >= 0.3 is 4.87 Å². The van der Waals surface area contributed by atoms with Crippen LogP contribution < -0.4 is 15.9 Å². The molecule has 0 aliphatic rings. The number of aromatic nitrogens is 1. The maximum absolute atomic E-state index is 10.8. The zero-order valence-corrected chi connectivity index (χ0v) is 8.70. The van der Waals surface area contributed by atoms with Crippen molar-refractivity contribution in [2.75, 3.05) is 6.54 Å². The molecule has 0 spiro atoms. The van der Waals surface area contributed by atoms with E-state index in [4.69, 9.17) is 5.73 Å². The highest BCUT2D eigenvalue weighted by atomic mass is 32.1. The largest absolute Gasteiger partial charge is 0.324 e. The van der Waals surface area contributed by atoms with Crippen molar-refractivity contribution in [2.45, 2.75) is 25.9 Å². The third kappa shape index (κ3) is 4.21. The van der Waals surface area contributed by atoms with Crippen molar-refractivity contribution < 1.29 is 0 Å². The summed E-state index contributed by atoms with van der Waals surface area (Å²) in [5.74, 6) is 0. The standard InChI is InChI=1S/C8H15N3OS/c1-8(2,9)5-10-3-6-4-13-7(12)11-6/h4,10H,3,5,9H2,1-2H3,(H,11,12). The lowest BCUT2D eigenvalue weighted by Gasteiger charge is -2.18. The maximum Gasteiger partial charge on any atom is 0.304 e. The van der Waals surface area contributed by atoms with Crippen LogP contribution in [0.3, 0.4) is 0 Å². The van der Waals surface area contributed by atoms with Gasteiger partial charge in [0.2, 0.25) is 0 Å². The minimum atomic E-state index is -0.212. The lowest BCUT2D eigenvalue weighted by atomic mass is 10.1. The van der Waals surface area contributed by atoms with E-state index in [-0.39, 0.29) is 10.4 Å². The van der Waals surface area contributed by atoms with Crippen LogP contribution in [0, 0.1) is 0 Å². The molecule has 1 aromatic heterocycles. The Labute approximate surface area is 81.2 Å². The minimum Gasteiger partial charge on any atom is -0.324 e. The Kier molecular flexibility index (Phi) is 3.24. The van der Waals surface area contributed by atoms with Gasteiger partial charge in [0.1, 0.15) is 0 Å². The third-order valence-corrected chi connectivity index (χ3v) is 2.19. The van der Waals surface area contributed by atoms with Crippen LogP contribution in [0.4, 0.5) is 0 Å². The van der Waals surface area contributed by atoms with Crippen LogP contribution in [0.2, 0.25) is 0 Å². The van der Waals surface area contributed by atoms with E-state index in [0.29, 0.717) is 6.54 Å². The number of nitrogens with one attached hydrogen (secondary N) is 2. The summed E-state index contributed by atoms with van der Waals surface area (Å²) >= 11 is 1.18. The van der Waals surface area contributed by atoms with Gasteiger partial charge in [-0.2, -0.15) is 0 Å². The van der Waals surface area contributed by atoms with Gasteiger partial charge in [0, 0.05) is 29.7 Å². The topological polar surface area (TPSA) is 70.9 Å². The highest BCUT2D eigenvalue weighted by Crippen LogP contribution is 1.97. The van der Waals surface area contributed by atoms with E-state index in [1.165, 1.54) is 11.3 Å². The van der Waals surface area contributed by atoms with Gasteiger partial charge in [-0.25, -0.2) is 0 Å². The molecule has 0 saturated heterocycles. The van der Waals surface area contributed by atoms with E-state index in [9.17, 15) is 4.79 Å². The molecule has 4 N–H and O–H groups in total. The average molecular weight is 201 g/mol. The summed E-state index contributed by atoms with van der Waals surface area (Å²) < 4.78 is 0. The van der Waals surface area contributed by atoms with E-state index in [1.807, 2.05) is 19.2 Å². The second kappa shape index (κ2) is 4.04. The summed E-state index contributed by atoms with van der Waals surface area (Å²) in [4.78, 5) is 13.5. The van der Waals surface area contributed by atoms with E-state index in [0.717, 1.165) is 12.2 Å². The summed E-state index contributed by atoms with van der Waals surface area (Å²) in [7, 11) is 0. The van der Waals surface area contributed by atoms with Crippen LogP contribution in [-0.4, -0.2) is 17.1 Å². The molecule has 0 radical (unpaired) electrons. The Morgan fingerprint density at radius 2 is 2.38 bits per heavy atom. The number of H-pyrrole nitrogens is 1. The van der Waals surface area contributed by atoms with Crippen molar-refractivity contribution >= 4 is 11.3 Å². The molecule has 0 aliphatic heterocycles. The molecule has 0 atom stereocenters. The third-order valence-electron chi connectivity index (χ3n) is 1.47. The summed E-state index contributed by atoms with van der Waals surface area (Å²) in [5, 5.41) is 4.98. The fraction of sp³-hybridized carbons (Fsp3) is 0.625. The normalized spacial score (nSPS) is 11.9. The van der Waals surface area contributed by atoms with E-state index >= 15 is 0 Å². The average Bonchev–Trinajstić information content (AvgIpc) is 2.33. The first-order valence-corrected chi connectivity index (χ1v) is 5.02. The number of rotatable bonds is 4. The molecule has 0 fully saturated rings. The molecule has 5 heteroatoms. The molecule has 1 rings (SSSR count). The fourth-order valence-electron chi connectivity index (χ4n) is 0.920. The Hall–Kier alpha value is -0.650. The molecule has 13 heavy (non-hydrogen) atoms. The molecule has 0 saturated carbocycles. The van der Waals surface area contributed by atoms with Crippen molar-refractivity contribution in [3.63, 3.8) is 0 Å². The maximum atomic E-state index is 10.8. The molecular weight excluding hydrogens is 186 g/mol. The molecule has 0 aromatic carbocycles. The molecule has 0 aliphatic carbocycles. The van der Waals surface area contributed by atoms with Crippen LogP contribution in [-0.2, 0) is 6.54 Å². The zero-order valence-electron chi connectivity index (χ0n) is 7.89. The van der Waals surface area contributed by atoms with Crippen molar-refractivity contribution in [1.29, 1.82) is 0 Å². The SMILES string of the molecule is CC(C)(N)CNCc1csc(=O)[nH]1. The summed E-state index contributed by atoms with van der Waals surface area (Å²) in [6, 6.07) is 0. The first kappa shape index (κ1) is 10.4. The van der Waals surface area contributed by atoms with Gasteiger partial charge in [0.15, 0.2) is 0 Å². The molecule has 74 valence electrons. The zero-order chi connectivity index (χ0) is 9.90. The van der Waals surface area contributed by atoms with Crippen molar-refractivity contribution in [3.8, 4) is 0 Å². The van der Waals surface area contributed by atoms with E-state index in [1.54, 1.807) is 0 Å². The second-order valence-corrected chi connectivity index (χ2v) is 4.61. The van der Waals surface area contributed by atoms with Gasteiger partial charge in [-0.3, -0.25) is 4.79 Å².